The van der Waals surface area contributed by atoms with Crippen LogP contribution in [0.1, 0.15) is 5.56 Å². The van der Waals surface area contributed by atoms with Crippen LogP contribution < -0.4 is 4.74 Å². The predicted molar refractivity (Wildman–Crippen MR) is 47.4 cm³/mol. The van der Waals surface area contributed by atoms with Crippen LogP contribution in [0.2, 0.25) is 0 Å². The normalized spacial score (nSPS) is 9.92. The fourth-order valence-electron chi connectivity index (χ4n) is 0.992. The maximum Gasteiger partial charge on any atom is 0.127 e. The van der Waals surface area contributed by atoms with E-state index in [1.165, 1.54) is 19.2 Å². The smallest absolute Gasteiger partial charge is 0.127 e. The molecule has 1 rings (SSSR count). The number of benzene rings is 1. The van der Waals surface area contributed by atoms with Crippen LogP contribution >= 0.6 is 11.6 Å². The zero-order valence-corrected chi connectivity index (χ0v) is 7.57. The van der Waals surface area contributed by atoms with E-state index in [1.54, 1.807) is 6.07 Å². The molecule has 66 valence electrons. The van der Waals surface area contributed by atoms with Gasteiger partial charge in [-0.25, -0.2) is 4.39 Å². The fourth-order valence-corrected chi connectivity index (χ4v) is 1.21. The molecule has 12 heavy (non-hydrogen) atoms. The Hall–Kier alpha value is -0.760. The van der Waals surface area contributed by atoms with Crippen molar-refractivity contribution in [2.75, 3.05) is 13.0 Å². The quantitative estimate of drug-likeness (QED) is 0.663. The molecule has 0 radical (unpaired) electrons. The molecule has 0 aromatic heterocycles. The standard InChI is InChI=1S/C9H10ClFO/c1-12-9-5-7(2-3-10)4-8(11)6-9/h4-6H,2-3H2,1H3. The summed E-state index contributed by atoms with van der Waals surface area (Å²) in [5, 5.41) is 0. The van der Waals surface area contributed by atoms with Crippen LogP contribution in [0.25, 0.3) is 0 Å². The Morgan fingerprint density at radius 3 is 2.75 bits per heavy atom. The van der Waals surface area contributed by atoms with Crippen molar-refractivity contribution in [1.29, 1.82) is 0 Å². The summed E-state index contributed by atoms with van der Waals surface area (Å²) in [4.78, 5) is 0. The van der Waals surface area contributed by atoms with E-state index < -0.39 is 0 Å². The van der Waals surface area contributed by atoms with Crippen molar-refractivity contribution in [2.45, 2.75) is 6.42 Å². The maximum absolute atomic E-state index is 12.8. The van der Waals surface area contributed by atoms with Crippen molar-refractivity contribution in [1.82, 2.24) is 0 Å². The third-order valence-corrected chi connectivity index (χ3v) is 1.74. The molecule has 1 aromatic carbocycles. The van der Waals surface area contributed by atoms with E-state index in [4.69, 9.17) is 16.3 Å². The van der Waals surface area contributed by atoms with Crippen LogP contribution in [0.5, 0.6) is 5.75 Å². The van der Waals surface area contributed by atoms with E-state index in [2.05, 4.69) is 0 Å². The van der Waals surface area contributed by atoms with Gasteiger partial charge in [-0.05, 0) is 24.1 Å². The van der Waals surface area contributed by atoms with Gasteiger partial charge < -0.3 is 4.74 Å². The minimum atomic E-state index is -0.283. The molecule has 0 heterocycles. The van der Waals surface area contributed by atoms with Crippen molar-refractivity contribution in [3.05, 3.63) is 29.6 Å². The number of halogens is 2. The molecule has 0 fully saturated rings. The number of hydrogen-bond acceptors (Lipinski definition) is 1. The molecular formula is C9H10ClFO. The Morgan fingerprint density at radius 1 is 1.42 bits per heavy atom. The zero-order chi connectivity index (χ0) is 8.97. The zero-order valence-electron chi connectivity index (χ0n) is 6.81. The average Bonchev–Trinajstić information content (AvgIpc) is 2.04. The second-order valence-corrected chi connectivity index (χ2v) is 2.82. The van der Waals surface area contributed by atoms with Gasteiger partial charge in [0.15, 0.2) is 0 Å². The fraction of sp³-hybridized carbons (Fsp3) is 0.333. The summed E-state index contributed by atoms with van der Waals surface area (Å²) >= 11 is 5.52. The van der Waals surface area contributed by atoms with Crippen molar-refractivity contribution >= 4 is 11.6 Å². The molecule has 0 bridgehead atoms. The highest BCUT2D eigenvalue weighted by Gasteiger charge is 1.99. The Morgan fingerprint density at radius 2 is 2.17 bits per heavy atom. The van der Waals surface area contributed by atoms with E-state index in [1.807, 2.05) is 0 Å². The average molecular weight is 189 g/mol. The first kappa shape index (κ1) is 9.33. The first-order valence-corrected chi connectivity index (χ1v) is 4.19. The lowest BCUT2D eigenvalue weighted by Gasteiger charge is -2.02. The van der Waals surface area contributed by atoms with Crippen LogP contribution in [0.4, 0.5) is 4.39 Å². The van der Waals surface area contributed by atoms with E-state index in [0.29, 0.717) is 18.1 Å². The molecule has 0 spiro atoms. The second-order valence-electron chi connectivity index (χ2n) is 2.44. The van der Waals surface area contributed by atoms with Crippen molar-refractivity contribution in [2.24, 2.45) is 0 Å². The summed E-state index contributed by atoms with van der Waals surface area (Å²) in [5.41, 5.74) is 0.863. The summed E-state index contributed by atoms with van der Waals surface area (Å²) < 4.78 is 17.7. The molecule has 0 amide bonds. The summed E-state index contributed by atoms with van der Waals surface area (Å²) in [5.74, 6) is 0.747. The van der Waals surface area contributed by atoms with Gasteiger partial charge in [0.05, 0.1) is 7.11 Å². The molecule has 0 aliphatic carbocycles. The van der Waals surface area contributed by atoms with E-state index in [9.17, 15) is 4.39 Å². The second kappa shape index (κ2) is 4.31. The lowest BCUT2D eigenvalue weighted by atomic mass is 10.1. The molecular weight excluding hydrogens is 179 g/mol. The number of ether oxygens (including phenoxy) is 1. The molecule has 0 N–H and O–H groups in total. The van der Waals surface area contributed by atoms with Crippen molar-refractivity contribution in [3.8, 4) is 5.75 Å². The number of rotatable bonds is 3. The van der Waals surface area contributed by atoms with Crippen LogP contribution in [-0.2, 0) is 6.42 Å². The molecule has 3 heteroatoms. The lowest BCUT2D eigenvalue weighted by Crippen LogP contribution is -1.90. The van der Waals surface area contributed by atoms with Gasteiger partial charge in [0.2, 0.25) is 0 Å². The summed E-state index contributed by atoms with van der Waals surface area (Å²) in [7, 11) is 1.51. The molecule has 0 saturated heterocycles. The number of methoxy groups -OCH3 is 1. The molecule has 1 nitrogen and oxygen atoms in total. The maximum atomic E-state index is 12.8. The molecule has 1 aromatic rings. The summed E-state index contributed by atoms with van der Waals surface area (Å²) in [6.45, 7) is 0. The highest BCUT2D eigenvalue weighted by molar-refractivity contribution is 6.17. The molecule has 0 saturated carbocycles. The highest BCUT2D eigenvalue weighted by atomic mass is 35.5. The van der Waals surface area contributed by atoms with E-state index in [0.717, 1.165) is 5.56 Å². The highest BCUT2D eigenvalue weighted by Crippen LogP contribution is 2.16. The monoisotopic (exact) mass is 188 g/mol. The third-order valence-electron chi connectivity index (χ3n) is 1.55. The summed E-state index contributed by atoms with van der Waals surface area (Å²) in [6.07, 6.45) is 0.662. The van der Waals surface area contributed by atoms with Crippen molar-refractivity contribution < 1.29 is 9.13 Å². The first-order valence-electron chi connectivity index (χ1n) is 3.65. The third kappa shape index (κ3) is 2.38. The minimum Gasteiger partial charge on any atom is -0.497 e. The Bertz CT molecular complexity index is 263. The first-order chi connectivity index (χ1) is 5.76. The molecule has 0 aliphatic heterocycles. The van der Waals surface area contributed by atoms with E-state index in [-0.39, 0.29) is 5.82 Å². The van der Waals surface area contributed by atoms with Gasteiger partial charge in [-0.3, -0.25) is 0 Å². The van der Waals surface area contributed by atoms with E-state index >= 15 is 0 Å². The largest absolute Gasteiger partial charge is 0.497 e. The SMILES string of the molecule is COc1cc(F)cc(CCCl)c1. The van der Waals surface area contributed by atoms with Crippen LogP contribution in [0, 0.1) is 5.82 Å². The molecule has 0 unspecified atom stereocenters. The van der Waals surface area contributed by atoms with Gasteiger partial charge in [0.25, 0.3) is 0 Å². The Labute approximate surface area is 76.1 Å². The van der Waals surface area contributed by atoms with Gasteiger partial charge in [0.1, 0.15) is 11.6 Å². The lowest BCUT2D eigenvalue weighted by molar-refractivity contribution is 0.410. The molecule has 0 aliphatic rings. The Kier molecular flexibility index (Phi) is 3.35. The van der Waals surface area contributed by atoms with Gasteiger partial charge in [0, 0.05) is 11.9 Å². The topological polar surface area (TPSA) is 9.23 Å². The number of aryl methyl sites for hydroxylation is 1. The van der Waals surface area contributed by atoms with Gasteiger partial charge in [-0.1, -0.05) is 0 Å². The van der Waals surface area contributed by atoms with Crippen LogP contribution in [-0.4, -0.2) is 13.0 Å². The molecule has 0 atom stereocenters. The Balaban J connectivity index is 2.90. The summed E-state index contributed by atoms with van der Waals surface area (Å²) in [6, 6.07) is 4.59. The number of alkyl halides is 1. The minimum absolute atomic E-state index is 0.283. The number of hydrogen-bond donors (Lipinski definition) is 0. The van der Waals surface area contributed by atoms with Crippen molar-refractivity contribution in [3.63, 3.8) is 0 Å². The van der Waals surface area contributed by atoms with Crippen LogP contribution in [0.15, 0.2) is 18.2 Å². The van der Waals surface area contributed by atoms with Gasteiger partial charge >= 0.3 is 0 Å². The van der Waals surface area contributed by atoms with Crippen LogP contribution in [0.3, 0.4) is 0 Å². The van der Waals surface area contributed by atoms with Gasteiger partial charge in [-0.2, -0.15) is 0 Å². The predicted octanol–water partition coefficient (Wildman–Crippen LogP) is 2.62. The van der Waals surface area contributed by atoms with Gasteiger partial charge in [-0.15, -0.1) is 11.6 Å².